The molecular formula is C17H18F3N3O3. The summed E-state index contributed by atoms with van der Waals surface area (Å²) in [4.78, 5) is 25.0. The zero-order chi connectivity index (χ0) is 19.2. The lowest BCUT2D eigenvalue weighted by Crippen LogP contribution is -2.29. The Balaban J connectivity index is 2.31. The lowest BCUT2D eigenvalue weighted by molar-refractivity contribution is 0.0694. The van der Waals surface area contributed by atoms with Gasteiger partial charge in [-0.3, -0.25) is 4.79 Å². The van der Waals surface area contributed by atoms with Crippen LogP contribution in [0.15, 0.2) is 17.1 Å². The largest absolute Gasteiger partial charge is 0.477 e. The van der Waals surface area contributed by atoms with Gasteiger partial charge in [-0.15, -0.1) is 0 Å². The third kappa shape index (κ3) is 2.82. The Kier molecular flexibility index (Phi) is 4.66. The second-order valence-corrected chi connectivity index (χ2v) is 6.52. The fourth-order valence-corrected chi connectivity index (χ4v) is 3.36. The zero-order valence-electron chi connectivity index (χ0n) is 14.0. The number of halogens is 3. The number of hydrogen-bond donors (Lipinski definition) is 2. The molecule has 26 heavy (non-hydrogen) atoms. The number of alkyl halides is 1. The number of aromatic nitrogens is 1. The van der Waals surface area contributed by atoms with E-state index in [9.17, 15) is 18.4 Å². The second kappa shape index (κ2) is 6.64. The van der Waals surface area contributed by atoms with E-state index in [4.69, 9.17) is 10.8 Å². The van der Waals surface area contributed by atoms with Gasteiger partial charge in [0.2, 0.25) is 5.43 Å². The molecule has 2 heterocycles. The van der Waals surface area contributed by atoms with Gasteiger partial charge in [0.1, 0.15) is 23.7 Å². The Labute approximate surface area is 146 Å². The molecule has 140 valence electrons. The Morgan fingerprint density at radius 3 is 2.62 bits per heavy atom. The number of hydrogen-bond acceptors (Lipinski definition) is 4. The first-order chi connectivity index (χ1) is 12.3. The maximum Gasteiger partial charge on any atom is 0.341 e. The summed E-state index contributed by atoms with van der Waals surface area (Å²) in [6.07, 6.45) is 0.885. The summed E-state index contributed by atoms with van der Waals surface area (Å²) in [6, 6.07) is 0.554. The minimum absolute atomic E-state index is 0.0203. The molecule has 0 saturated carbocycles. The van der Waals surface area contributed by atoms with Crippen LogP contribution in [0.5, 0.6) is 0 Å². The summed E-state index contributed by atoms with van der Waals surface area (Å²) in [5.74, 6) is -3.54. The van der Waals surface area contributed by atoms with Gasteiger partial charge in [0.25, 0.3) is 0 Å². The van der Waals surface area contributed by atoms with Gasteiger partial charge >= 0.3 is 5.97 Å². The summed E-state index contributed by atoms with van der Waals surface area (Å²) in [7, 11) is 0. The van der Waals surface area contributed by atoms with E-state index in [1.807, 2.05) is 6.92 Å². The van der Waals surface area contributed by atoms with E-state index in [2.05, 4.69) is 0 Å². The number of aromatic carboxylic acids is 1. The van der Waals surface area contributed by atoms with Gasteiger partial charge in [-0.1, -0.05) is 6.92 Å². The normalized spacial score (nSPS) is 20.1. The van der Waals surface area contributed by atoms with E-state index in [0.29, 0.717) is 6.54 Å². The number of fused-ring (bicyclic) bond motifs is 1. The van der Waals surface area contributed by atoms with Gasteiger partial charge in [0.05, 0.1) is 17.4 Å². The van der Waals surface area contributed by atoms with E-state index >= 15 is 4.39 Å². The van der Waals surface area contributed by atoms with Gasteiger partial charge in [0, 0.05) is 25.3 Å². The summed E-state index contributed by atoms with van der Waals surface area (Å²) in [6.45, 7) is 1.16. The van der Waals surface area contributed by atoms with Crippen molar-refractivity contribution in [1.82, 2.24) is 4.57 Å². The highest BCUT2D eigenvalue weighted by Crippen LogP contribution is 2.33. The Morgan fingerprint density at radius 2 is 2.08 bits per heavy atom. The molecule has 1 aromatic carbocycles. The molecule has 1 aliphatic heterocycles. The number of carbonyl (C=O) groups is 1. The molecule has 2 aromatic rings. The maximum absolute atomic E-state index is 15.2. The minimum Gasteiger partial charge on any atom is -0.477 e. The van der Waals surface area contributed by atoms with Crippen molar-refractivity contribution in [2.24, 2.45) is 11.7 Å². The van der Waals surface area contributed by atoms with Gasteiger partial charge < -0.3 is 20.3 Å². The van der Waals surface area contributed by atoms with E-state index in [0.717, 1.165) is 16.8 Å². The maximum atomic E-state index is 15.2. The van der Waals surface area contributed by atoms with Crippen LogP contribution in [0, 0.1) is 17.6 Å². The highest BCUT2D eigenvalue weighted by molar-refractivity contribution is 5.93. The number of anilines is 1. The molecule has 2 atom stereocenters. The number of pyridine rings is 1. The molecule has 0 amide bonds. The van der Waals surface area contributed by atoms with Crippen molar-refractivity contribution in [2.45, 2.75) is 19.5 Å². The zero-order valence-corrected chi connectivity index (χ0v) is 14.0. The molecule has 3 rings (SSSR count). The monoisotopic (exact) mass is 369 g/mol. The highest BCUT2D eigenvalue weighted by atomic mass is 19.1. The smallest absolute Gasteiger partial charge is 0.341 e. The average molecular weight is 369 g/mol. The highest BCUT2D eigenvalue weighted by Gasteiger charge is 2.32. The number of benzene rings is 1. The van der Waals surface area contributed by atoms with E-state index in [-0.39, 0.29) is 36.3 Å². The fraction of sp³-hybridized carbons (Fsp3) is 0.412. The van der Waals surface area contributed by atoms with E-state index < -0.39 is 40.7 Å². The van der Waals surface area contributed by atoms with Crippen molar-refractivity contribution >= 4 is 22.6 Å². The van der Waals surface area contributed by atoms with Crippen molar-refractivity contribution in [1.29, 1.82) is 0 Å². The van der Waals surface area contributed by atoms with Crippen LogP contribution >= 0.6 is 0 Å². The second-order valence-electron chi connectivity index (χ2n) is 6.52. The third-order valence-electron chi connectivity index (χ3n) is 4.77. The quantitative estimate of drug-likeness (QED) is 0.857. The number of rotatable bonds is 4. The van der Waals surface area contributed by atoms with E-state index in [1.54, 1.807) is 0 Å². The Hall–Kier alpha value is -2.55. The van der Waals surface area contributed by atoms with Crippen LogP contribution in [0.4, 0.5) is 18.9 Å². The molecule has 0 bridgehead atoms. The molecule has 3 N–H and O–H groups in total. The molecule has 6 nitrogen and oxygen atoms in total. The van der Waals surface area contributed by atoms with Crippen molar-refractivity contribution in [3.8, 4) is 0 Å². The number of aryl methyl sites for hydroxylation is 1. The number of carboxylic acids is 1. The topological polar surface area (TPSA) is 88.6 Å². The number of carboxylic acid groups (broad SMARTS) is 1. The van der Waals surface area contributed by atoms with Gasteiger partial charge in [-0.05, 0) is 12.0 Å². The molecule has 1 saturated heterocycles. The molecule has 9 heteroatoms. The first kappa shape index (κ1) is 18.2. The van der Waals surface area contributed by atoms with Gasteiger partial charge in [0.15, 0.2) is 5.82 Å². The van der Waals surface area contributed by atoms with Crippen LogP contribution in [0.1, 0.15) is 17.3 Å². The molecule has 0 spiro atoms. The van der Waals surface area contributed by atoms with Crippen LogP contribution in [-0.2, 0) is 6.54 Å². The van der Waals surface area contributed by atoms with E-state index in [1.165, 1.54) is 4.90 Å². The third-order valence-corrected chi connectivity index (χ3v) is 4.77. The summed E-state index contributed by atoms with van der Waals surface area (Å²) >= 11 is 0. The van der Waals surface area contributed by atoms with Crippen LogP contribution in [0.3, 0.4) is 0 Å². The molecular weight excluding hydrogens is 351 g/mol. The lowest BCUT2D eigenvalue weighted by Gasteiger charge is -2.22. The number of nitrogens with two attached hydrogens (primary N) is 1. The van der Waals surface area contributed by atoms with Crippen molar-refractivity contribution in [2.75, 3.05) is 24.7 Å². The van der Waals surface area contributed by atoms with Crippen molar-refractivity contribution in [3.05, 3.63) is 39.7 Å². The Bertz CT molecular complexity index is 934. The van der Waals surface area contributed by atoms with Gasteiger partial charge in [-0.25, -0.2) is 18.0 Å². The first-order valence-corrected chi connectivity index (χ1v) is 8.11. The molecule has 0 aliphatic carbocycles. The van der Waals surface area contributed by atoms with Gasteiger partial charge in [-0.2, -0.15) is 0 Å². The first-order valence-electron chi connectivity index (χ1n) is 8.11. The van der Waals surface area contributed by atoms with Crippen LogP contribution < -0.4 is 16.1 Å². The van der Waals surface area contributed by atoms with Crippen LogP contribution in [-0.4, -0.2) is 41.4 Å². The van der Waals surface area contributed by atoms with Crippen molar-refractivity contribution < 1.29 is 23.1 Å². The Morgan fingerprint density at radius 1 is 1.38 bits per heavy atom. The minimum atomic E-state index is -1.55. The summed E-state index contributed by atoms with van der Waals surface area (Å²) in [5.41, 5.74) is 3.57. The molecule has 1 aliphatic rings. The molecule has 0 radical (unpaired) electrons. The molecule has 0 unspecified atom stereocenters. The predicted molar refractivity (Wildman–Crippen MR) is 90.4 cm³/mol. The fourth-order valence-electron chi connectivity index (χ4n) is 3.36. The lowest BCUT2D eigenvalue weighted by atomic mass is 10.1. The summed E-state index contributed by atoms with van der Waals surface area (Å²) in [5, 5.41) is 8.69. The molecule has 1 fully saturated rings. The van der Waals surface area contributed by atoms with Crippen LogP contribution in [0.2, 0.25) is 0 Å². The predicted octanol–water partition coefficient (Wildman–Crippen LogP) is 1.73. The average Bonchev–Trinajstić information content (AvgIpc) is 2.88. The standard InChI is InChI=1S/C17H18F3N3O3/c1-8-5-23(7-12(8)21)15-11(19)4-9-14(13(15)20)22(3-2-18)6-10(16(9)24)17(25)26/h4,6,8,12H,2-3,5,7,21H2,1H3,(H,25,26)/t8-,12+/m1/s1. The SMILES string of the molecule is C[C@@H]1CN(c2c(F)cc3c(=O)c(C(=O)O)cn(CCF)c3c2F)C[C@@H]1N. The number of nitrogens with zero attached hydrogens (tertiary/aromatic N) is 2. The summed E-state index contributed by atoms with van der Waals surface area (Å²) < 4.78 is 43.7. The molecule has 1 aromatic heterocycles. The van der Waals surface area contributed by atoms with Crippen molar-refractivity contribution in [3.63, 3.8) is 0 Å². The van der Waals surface area contributed by atoms with Crippen LogP contribution in [0.25, 0.3) is 10.9 Å².